The topological polar surface area (TPSA) is 72.5 Å². The van der Waals surface area contributed by atoms with E-state index in [4.69, 9.17) is 4.74 Å². The Morgan fingerprint density at radius 2 is 1.65 bits per heavy atom. The summed E-state index contributed by atoms with van der Waals surface area (Å²) in [5, 5.41) is 2.75. The van der Waals surface area contributed by atoms with Crippen LogP contribution in [-0.2, 0) is 9.53 Å². The number of carbonyl (C=O) groups excluding carboxylic acids is 3. The molecule has 0 saturated carbocycles. The Hall–Kier alpha value is -3.02. The molecular weight excluding hydrogens is 337 g/mol. The fraction of sp³-hybridized carbons (Fsp3) is 0.250. The molecule has 136 valence electrons. The summed E-state index contributed by atoms with van der Waals surface area (Å²) < 4.78 is 18.0. The molecule has 0 atom stereocenters. The first-order chi connectivity index (χ1) is 12.2. The predicted octanol–water partition coefficient (Wildman–Crippen LogP) is 3.85. The quantitative estimate of drug-likeness (QED) is 0.652. The molecule has 6 heteroatoms. The number of benzene rings is 2. The maximum absolute atomic E-state index is 13.1. The molecule has 5 nitrogen and oxygen atoms in total. The van der Waals surface area contributed by atoms with E-state index in [1.54, 1.807) is 32.9 Å². The van der Waals surface area contributed by atoms with Crippen molar-refractivity contribution in [1.29, 1.82) is 0 Å². The highest BCUT2D eigenvalue weighted by molar-refractivity contribution is 6.00. The van der Waals surface area contributed by atoms with Crippen molar-refractivity contribution >= 4 is 23.3 Å². The molecule has 2 aromatic rings. The molecule has 0 heterocycles. The fourth-order valence-corrected chi connectivity index (χ4v) is 1.97. The van der Waals surface area contributed by atoms with Gasteiger partial charge in [0.2, 0.25) is 5.91 Å². The molecule has 0 aliphatic carbocycles. The Labute approximate surface area is 151 Å². The normalized spacial score (nSPS) is 10.9. The van der Waals surface area contributed by atoms with E-state index in [-0.39, 0.29) is 11.5 Å². The lowest BCUT2D eigenvalue weighted by Crippen LogP contribution is -2.27. The van der Waals surface area contributed by atoms with Crippen LogP contribution in [0.3, 0.4) is 0 Å². The van der Waals surface area contributed by atoms with Crippen LogP contribution in [0.4, 0.5) is 10.1 Å². The highest BCUT2D eigenvalue weighted by atomic mass is 19.1. The zero-order valence-electron chi connectivity index (χ0n) is 14.8. The summed E-state index contributed by atoms with van der Waals surface area (Å²) in [4.78, 5) is 35.8. The van der Waals surface area contributed by atoms with E-state index in [0.717, 1.165) is 6.07 Å². The first kappa shape index (κ1) is 19.3. The molecular formula is C20H20FNO4. The van der Waals surface area contributed by atoms with Crippen molar-refractivity contribution in [1.82, 2.24) is 0 Å². The largest absolute Gasteiger partial charge is 0.454 e. The Morgan fingerprint density at radius 3 is 2.23 bits per heavy atom. The van der Waals surface area contributed by atoms with Gasteiger partial charge >= 0.3 is 5.97 Å². The summed E-state index contributed by atoms with van der Waals surface area (Å²) in [6.07, 6.45) is 0. The van der Waals surface area contributed by atoms with Crippen molar-refractivity contribution in [3.8, 4) is 0 Å². The lowest BCUT2D eigenvalue weighted by Gasteiger charge is -2.17. The highest BCUT2D eigenvalue weighted by Crippen LogP contribution is 2.18. The van der Waals surface area contributed by atoms with Crippen LogP contribution in [0, 0.1) is 11.2 Å². The maximum atomic E-state index is 13.1. The van der Waals surface area contributed by atoms with Gasteiger partial charge in [-0.3, -0.25) is 9.59 Å². The van der Waals surface area contributed by atoms with Crippen molar-refractivity contribution in [2.45, 2.75) is 20.8 Å². The summed E-state index contributed by atoms with van der Waals surface area (Å²) >= 11 is 0. The average Bonchev–Trinajstić information content (AvgIpc) is 2.59. The Bertz CT molecular complexity index is 822. The van der Waals surface area contributed by atoms with E-state index in [9.17, 15) is 18.8 Å². The van der Waals surface area contributed by atoms with Gasteiger partial charge in [-0.2, -0.15) is 0 Å². The standard InChI is InChI=1S/C20H20FNO4/c1-20(2,3)19(25)22-16-9-7-13(8-10-16)17(23)12-26-18(24)14-5-4-6-15(21)11-14/h4-11H,12H2,1-3H3,(H,22,25). The molecule has 0 aliphatic rings. The van der Waals surface area contributed by atoms with Crippen LogP contribution in [0.25, 0.3) is 0 Å². The van der Waals surface area contributed by atoms with E-state index in [0.29, 0.717) is 11.3 Å². The third-order valence-electron chi connectivity index (χ3n) is 3.54. The Balaban J connectivity index is 1.93. The molecule has 0 aromatic heterocycles. The first-order valence-corrected chi connectivity index (χ1v) is 8.04. The van der Waals surface area contributed by atoms with E-state index in [2.05, 4.69) is 5.32 Å². The van der Waals surface area contributed by atoms with Gasteiger partial charge in [0.1, 0.15) is 5.82 Å². The molecule has 0 aliphatic heterocycles. The van der Waals surface area contributed by atoms with E-state index in [1.165, 1.54) is 30.3 Å². The Morgan fingerprint density at radius 1 is 1.00 bits per heavy atom. The van der Waals surface area contributed by atoms with Gasteiger partial charge in [0.15, 0.2) is 12.4 Å². The van der Waals surface area contributed by atoms with Crippen LogP contribution in [0.5, 0.6) is 0 Å². The zero-order chi connectivity index (χ0) is 19.3. The minimum atomic E-state index is -0.771. The zero-order valence-corrected chi connectivity index (χ0v) is 14.8. The summed E-state index contributed by atoms with van der Waals surface area (Å²) in [6.45, 7) is 4.94. The van der Waals surface area contributed by atoms with E-state index >= 15 is 0 Å². The van der Waals surface area contributed by atoms with Gasteiger partial charge in [-0.15, -0.1) is 0 Å². The minimum absolute atomic E-state index is 0.0399. The van der Waals surface area contributed by atoms with E-state index < -0.39 is 29.6 Å². The summed E-state index contributed by atoms with van der Waals surface area (Å²) in [5.74, 6) is -1.87. The number of Topliss-reactive ketones (excluding diaryl/α,β-unsaturated/α-hetero) is 1. The number of hydrogen-bond donors (Lipinski definition) is 1. The number of hydrogen-bond acceptors (Lipinski definition) is 4. The van der Waals surface area contributed by atoms with Gasteiger partial charge in [-0.05, 0) is 42.5 Å². The monoisotopic (exact) mass is 357 g/mol. The molecule has 0 unspecified atom stereocenters. The predicted molar refractivity (Wildman–Crippen MR) is 95.5 cm³/mol. The molecule has 1 amide bonds. The van der Waals surface area contributed by atoms with Crippen LogP contribution in [-0.4, -0.2) is 24.3 Å². The Kier molecular flexibility index (Phi) is 5.87. The van der Waals surface area contributed by atoms with Gasteiger partial charge in [-0.1, -0.05) is 26.8 Å². The number of carbonyl (C=O) groups is 3. The number of anilines is 1. The number of nitrogens with one attached hydrogen (secondary N) is 1. The van der Waals surface area contributed by atoms with Gasteiger partial charge in [0.05, 0.1) is 5.56 Å². The third-order valence-corrected chi connectivity index (χ3v) is 3.54. The second kappa shape index (κ2) is 7.91. The average molecular weight is 357 g/mol. The third kappa shape index (κ3) is 5.24. The molecule has 2 aromatic carbocycles. The number of ketones is 1. The lowest BCUT2D eigenvalue weighted by molar-refractivity contribution is -0.123. The van der Waals surface area contributed by atoms with Crippen molar-refractivity contribution in [2.75, 3.05) is 11.9 Å². The molecule has 0 saturated heterocycles. The minimum Gasteiger partial charge on any atom is -0.454 e. The fourth-order valence-electron chi connectivity index (χ4n) is 1.97. The molecule has 2 rings (SSSR count). The molecule has 1 N–H and O–H groups in total. The van der Waals surface area contributed by atoms with Gasteiger partial charge in [0, 0.05) is 16.7 Å². The van der Waals surface area contributed by atoms with Crippen LogP contribution in [0.15, 0.2) is 48.5 Å². The number of halogens is 1. The van der Waals surface area contributed by atoms with Crippen LogP contribution in [0.1, 0.15) is 41.5 Å². The maximum Gasteiger partial charge on any atom is 0.338 e. The number of esters is 1. The first-order valence-electron chi connectivity index (χ1n) is 8.04. The van der Waals surface area contributed by atoms with Crippen molar-refractivity contribution < 1.29 is 23.5 Å². The van der Waals surface area contributed by atoms with Crippen LogP contribution >= 0.6 is 0 Å². The molecule has 0 bridgehead atoms. The van der Waals surface area contributed by atoms with Crippen molar-refractivity contribution in [3.05, 3.63) is 65.5 Å². The summed E-state index contributed by atoms with van der Waals surface area (Å²) in [5.41, 5.74) is 0.418. The number of amides is 1. The summed E-state index contributed by atoms with van der Waals surface area (Å²) in [6, 6.07) is 11.3. The molecule has 0 fully saturated rings. The van der Waals surface area contributed by atoms with Crippen molar-refractivity contribution in [2.24, 2.45) is 5.41 Å². The van der Waals surface area contributed by atoms with Gasteiger partial charge in [-0.25, -0.2) is 9.18 Å². The molecule has 0 spiro atoms. The van der Waals surface area contributed by atoms with Crippen LogP contribution < -0.4 is 5.32 Å². The van der Waals surface area contributed by atoms with Crippen molar-refractivity contribution in [3.63, 3.8) is 0 Å². The van der Waals surface area contributed by atoms with Gasteiger partial charge in [0.25, 0.3) is 0 Å². The van der Waals surface area contributed by atoms with Gasteiger partial charge < -0.3 is 10.1 Å². The van der Waals surface area contributed by atoms with E-state index in [1.807, 2.05) is 0 Å². The SMILES string of the molecule is CC(C)(C)C(=O)Nc1ccc(C(=O)COC(=O)c2cccc(F)c2)cc1. The number of ether oxygens (including phenoxy) is 1. The van der Waals surface area contributed by atoms with Crippen LogP contribution in [0.2, 0.25) is 0 Å². The smallest absolute Gasteiger partial charge is 0.338 e. The number of rotatable bonds is 5. The highest BCUT2D eigenvalue weighted by Gasteiger charge is 2.21. The molecule has 26 heavy (non-hydrogen) atoms. The summed E-state index contributed by atoms with van der Waals surface area (Å²) in [7, 11) is 0. The molecule has 0 radical (unpaired) electrons. The second-order valence-corrected chi connectivity index (χ2v) is 6.79. The second-order valence-electron chi connectivity index (χ2n) is 6.79. The lowest BCUT2D eigenvalue weighted by atomic mass is 9.95.